The molecule has 2 aromatic rings. The van der Waals surface area contributed by atoms with Crippen molar-refractivity contribution in [3.63, 3.8) is 0 Å². The Morgan fingerprint density at radius 2 is 2.05 bits per heavy atom. The van der Waals surface area contributed by atoms with E-state index >= 15 is 0 Å². The lowest BCUT2D eigenvalue weighted by molar-refractivity contribution is 0.578. The zero-order chi connectivity index (χ0) is 13.9. The monoisotopic (exact) mass is 282 g/mol. The molecule has 100 valence electrons. The molecule has 0 unspecified atom stereocenters. The van der Waals surface area contributed by atoms with E-state index in [0.717, 1.165) is 6.20 Å². The summed E-state index contributed by atoms with van der Waals surface area (Å²) in [6.45, 7) is -0.0538. The van der Waals surface area contributed by atoms with Gasteiger partial charge in [0.15, 0.2) is 4.90 Å². The van der Waals surface area contributed by atoms with E-state index in [9.17, 15) is 18.0 Å². The summed E-state index contributed by atoms with van der Waals surface area (Å²) in [6.07, 6.45) is 2.37. The van der Waals surface area contributed by atoms with Crippen molar-refractivity contribution >= 4 is 10.0 Å². The number of hydrogen-bond acceptors (Lipinski definition) is 5. The van der Waals surface area contributed by atoms with Crippen molar-refractivity contribution in [2.75, 3.05) is 0 Å². The van der Waals surface area contributed by atoms with Gasteiger partial charge in [0.1, 0.15) is 0 Å². The molecule has 9 heteroatoms. The summed E-state index contributed by atoms with van der Waals surface area (Å²) < 4.78 is 25.9. The molecular formula is C10H10N4O4S. The Bertz CT molecular complexity index is 779. The largest absolute Gasteiger partial charge is 0.325 e. The second-order valence-electron chi connectivity index (χ2n) is 3.58. The van der Waals surface area contributed by atoms with E-state index < -0.39 is 26.2 Å². The summed E-state index contributed by atoms with van der Waals surface area (Å²) >= 11 is 0. The minimum absolute atomic E-state index is 0.0538. The normalized spacial score (nSPS) is 11.4. The lowest BCUT2D eigenvalue weighted by Gasteiger charge is -2.04. The molecular weight excluding hydrogens is 272 g/mol. The molecule has 19 heavy (non-hydrogen) atoms. The highest BCUT2D eigenvalue weighted by atomic mass is 32.2. The van der Waals surface area contributed by atoms with Gasteiger partial charge < -0.3 is 4.98 Å². The van der Waals surface area contributed by atoms with Crippen LogP contribution in [-0.4, -0.2) is 23.4 Å². The zero-order valence-corrected chi connectivity index (χ0v) is 10.4. The number of hydrogen-bond donors (Lipinski definition) is 3. The number of aromatic nitrogens is 3. The maximum absolute atomic E-state index is 11.9. The Morgan fingerprint density at radius 3 is 2.68 bits per heavy atom. The maximum atomic E-state index is 11.9. The molecule has 8 nitrogen and oxygen atoms in total. The molecule has 0 aliphatic heterocycles. The molecule has 0 atom stereocenters. The van der Waals surface area contributed by atoms with Gasteiger partial charge in [-0.3, -0.25) is 14.8 Å². The van der Waals surface area contributed by atoms with Crippen molar-refractivity contribution < 1.29 is 8.42 Å². The van der Waals surface area contributed by atoms with Gasteiger partial charge in [-0.2, -0.15) is 0 Å². The molecule has 0 bridgehead atoms. The van der Waals surface area contributed by atoms with Crippen LogP contribution in [0.4, 0.5) is 0 Å². The van der Waals surface area contributed by atoms with Gasteiger partial charge >= 0.3 is 5.69 Å². The van der Waals surface area contributed by atoms with Gasteiger partial charge in [-0.05, 0) is 12.1 Å². The van der Waals surface area contributed by atoms with Gasteiger partial charge in [-0.15, -0.1) is 0 Å². The number of nitrogens with one attached hydrogen (secondary N) is 3. The van der Waals surface area contributed by atoms with Crippen LogP contribution in [-0.2, 0) is 16.6 Å². The number of rotatable bonds is 4. The van der Waals surface area contributed by atoms with Crippen molar-refractivity contribution in [1.29, 1.82) is 0 Å². The molecule has 3 N–H and O–H groups in total. The first kappa shape index (κ1) is 13.2. The average molecular weight is 282 g/mol. The Kier molecular flexibility index (Phi) is 3.58. The third-order valence-corrected chi connectivity index (χ3v) is 3.65. The van der Waals surface area contributed by atoms with Gasteiger partial charge in [0.25, 0.3) is 5.56 Å². The van der Waals surface area contributed by atoms with Crippen LogP contribution in [0, 0.1) is 0 Å². The Labute approximate surface area is 107 Å². The summed E-state index contributed by atoms with van der Waals surface area (Å²) in [5, 5.41) is 0. The quantitative estimate of drug-likeness (QED) is 0.659. The SMILES string of the molecule is O=c1[nH]cc(S(=O)(=O)NCc2ccccn2)c(=O)[nH]1. The van der Waals surface area contributed by atoms with E-state index in [-0.39, 0.29) is 6.54 Å². The van der Waals surface area contributed by atoms with Crippen molar-refractivity contribution in [3.8, 4) is 0 Å². The smallest absolute Gasteiger partial charge is 0.313 e. The summed E-state index contributed by atoms with van der Waals surface area (Å²) in [5.74, 6) is 0. The van der Waals surface area contributed by atoms with E-state index in [0.29, 0.717) is 5.69 Å². The molecule has 0 amide bonds. The lowest BCUT2D eigenvalue weighted by atomic mass is 10.4. The minimum atomic E-state index is -4.01. The second kappa shape index (κ2) is 5.16. The molecule has 0 saturated heterocycles. The van der Waals surface area contributed by atoms with Gasteiger partial charge in [-0.1, -0.05) is 6.07 Å². The summed E-state index contributed by atoms with van der Waals surface area (Å²) in [7, 11) is -4.01. The molecule has 2 rings (SSSR count). The molecule has 0 aromatic carbocycles. The van der Waals surface area contributed by atoms with Crippen LogP contribution in [0.5, 0.6) is 0 Å². The fraction of sp³-hybridized carbons (Fsp3) is 0.100. The number of aromatic amines is 2. The van der Waals surface area contributed by atoms with E-state index in [1.807, 2.05) is 4.98 Å². The molecule has 0 saturated carbocycles. The number of H-pyrrole nitrogens is 2. The van der Waals surface area contributed by atoms with Crippen LogP contribution in [0.15, 0.2) is 45.1 Å². The highest BCUT2D eigenvalue weighted by Gasteiger charge is 2.18. The molecule has 0 aliphatic carbocycles. The average Bonchev–Trinajstić information content (AvgIpc) is 2.37. The fourth-order valence-corrected chi connectivity index (χ4v) is 2.35. The Morgan fingerprint density at radius 1 is 1.26 bits per heavy atom. The predicted octanol–water partition coefficient (Wildman–Crippen LogP) is -1.06. The third-order valence-electron chi connectivity index (χ3n) is 2.24. The van der Waals surface area contributed by atoms with Crippen molar-refractivity contribution in [1.82, 2.24) is 19.7 Å². The summed E-state index contributed by atoms with van der Waals surface area (Å²) in [5.41, 5.74) is -1.24. The standard InChI is InChI=1S/C10H10N4O4S/c15-9-8(6-12-10(16)14-9)19(17,18)13-5-7-3-1-2-4-11-7/h1-4,6,13H,5H2,(H2,12,14,15,16). The van der Waals surface area contributed by atoms with Crippen LogP contribution in [0.25, 0.3) is 0 Å². The number of sulfonamides is 1. The molecule has 0 aliphatic rings. The van der Waals surface area contributed by atoms with Crippen LogP contribution in [0.1, 0.15) is 5.69 Å². The van der Waals surface area contributed by atoms with Gasteiger partial charge in [0, 0.05) is 12.4 Å². The topological polar surface area (TPSA) is 125 Å². The van der Waals surface area contributed by atoms with E-state index in [2.05, 4.69) is 14.7 Å². The van der Waals surface area contributed by atoms with Gasteiger partial charge in [-0.25, -0.2) is 17.9 Å². The molecule has 0 radical (unpaired) electrons. The lowest BCUT2D eigenvalue weighted by Crippen LogP contribution is -2.32. The van der Waals surface area contributed by atoms with Crippen molar-refractivity contribution in [2.24, 2.45) is 0 Å². The predicted molar refractivity (Wildman–Crippen MR) is 65.9 cm³/mol. The number of pyridine rings is 1. The molecule has 2 heterocycles. The molecule has 0 fully saturated rings. The van der Waals surface area contributed by atoms with E-state index in [4.69, 9.17) is 0 Å². The van der Waals surface area contributed by atoms with E-state index in [1.54, 1.807) is 18.2 Å². The Balaban J connectivity index is 2.24. The van der Waals surface area contributed by atoms with Crippen LogP contribution in [0.3, 0.4) is 0 Å². The maximum Gasteiger partial charge on any atom is 0.325 e. The number of nitrogens with zero attached hydrogens (tertiary/aromatic N) is 1. The van der Waals surface area contributed by atoms with Gasteiger partial charge in [0.05, 0.1) is 12.2 Å². The highest BCUT2D eigenvalue weighted by Crippen LogP contribution is 2.00. The third kappa shape index (κ3) is 3.14. The van der Waals surface area contributed by atoms with Crippen LogP contribution in [0.2, 0.25) is 0 Å². The zero-order valence-electron chi connectivity index (χ0n) is 9.58. The first-order chi connectivity index (χ1) is 8.99. The molecule has 2 aromatic heterocycles. The van der Waals surface area contributed by atoms with Crippen molar-refractivity contribution in [2.45, 2.75) is 11.4 Å². The van der Waals surface area contributed by atoms with Crippen LogP contribution < -0.4 is 16.0 Å². The molecule has 0 spiro atoms. The second-order valence-corrected chi connectivity index (χ2v) is 5.32. The summed E-state index contributed by atoms with van der Waals surface area (Å²) in [4.78, 5) is 29.5. The Hall–Kier alpha value is -2.26. The highest BCUT2D eigenvalue weighted by molar-refractivity contribution is 7.89. The first-order valence-corrected chi connectivity index (χ1v) is 6.69. The minimum Gasteiger partial charge on any atom is -0.313 e. The first-order valence-electron chi connectivity index (χ1n) is 5.20. The van der Waals surface area contributed by atoms with Crippen molar-refractivity contribution in [3.05, 3.63) is 57.1 Å². The van der Waals surface area contributed by atoms with Crippen LogP contribution >= 0.6 is 0 Å². The fourth-order valence-electron chi connectivity index (χ4n) is 1.35. The summed E-state index contributed by atoms with van der Waals surface area (Å²) in [6, 6.07) is 5.05. The van der Waals surface area contributed by atoms with E-state index in [1.165, 1.54) is 6.20 Å². The van der Waals surface area contributed by atoms with Gasteiger partial charge in [0.2, 0.25) is 10.0 Å².